The van der Waals surface area contributed by atoms with E-state index in [2.05, 4.69) is 13.0 Å². The molecule has 2 aliphatic rings. The third kappa shape index (κ3) is 1.90. The lowest BCUT2D eigenvalue weighted by molar-refractivity contribution is 0.0164. The number of nitrogens with zero attached hydrogens (tertiary/aromatic N) is 1. The molecule has 0 saturated heterocycles. The smallest absolute Gasteiger partial charge is 0.0837 e. The first kappa shape index (κ1) is 11.0. The minimum Gasteiger partial charge on any atom is -0.391 e. The molecule has 0 aromatic rings. The standard InChI is InChI=1S/C13H21NO/c1-10-6-7-13(8-10,9-14)12(15)11-4-2-3-5-11/h10-12,15H,2-8H2,1H3. The Hall–Kier alpha value is -0.550. The van der Waals surface area contributed by atoms with Crippen molar-refractivity contribution in [3.63, 3.8) is 0 Å². The highest BCUT2D eigenvalue weighted by Gasteiger charge is 2.47. The Morgan fingerprint density at radius 1 is 1.33 bits per heavy atom. The van der Waals surface area contributed by atoms with E-state index in [1.165, 1.54) is 12.8 Å². The molecule has 2 fully saturated rings. The van der Waals surface area contributed by atoms with Crippen molar-refractivity contribution in [1.82, 2.24) is 0 Å². The lowest BCUT2D eigenvalue weighted by Crippen LogP contribution is -2.36. The summed E-state index contributed by atoms with van der Waals surface area (Å²) in [6, 6.07) is 2.43. The Morgan fingerprint density at radius 3 is 2.47 bits per heavy atom. The second kappa shape index (κ2) is 4.14. The molecule has 0 heterocycles. The molecule has 0 radical (unpaired) electrons. The molecule has 2 rings (SSSR count). The number of aliphatic hydroxyl groups is 1. The number of hydrogen-bond donors (Lipinski definition) is 1. The molecule has 0 bridgehead atoms. The summed E-state index contributed by atoms with van der Waals surface area (Å²) in [6.07, 6.45) is 7.27. The molecule has 1 N–H and O–H groups in total. The Morgan fingerprint density at radius 2 is 2.00 bits per heavy atom. The molecular weight excluding hydrogens is 186 g/mol. The third-order valence-electron chi connectivity index (χ3n) is 4.43. The van der Waals surface area contributed by atoms with Crippen LogP contribution in [0.4, 0.5) is 0 Å². The van der Waals surface area contributed by atoms with E-state index in [4.69, 9.17) is 0 Å². The van der Waals surface area contributed by atoms with Crippen LogP contribution in [0.2, 0.25) is 0 Å². The quantitative estimate of drug-likeness (QED) is 0.756. The minimum absolute atomic E-state index is 0.366. The van der Waals surface area contributed by atoms with Crippen LogP contribution >= 0.6 is 0 Å². The monoisotopic (exact) mass is 207 g/mol. The van der Waals surface area contributed by atoms with Crippen molar-refractivity contribution in [2.75, 3.05) is 0 Å². The summed E-state index contributed by atoms with van der Waals surface area (Å²) in [7, 11) is 0. The van der Waals surface area contributed by atoms with Crippen molar-refractivity contribution in [3.05, 3.63) is 0 Å². The second-order valence-corrected chi connectivity index (χ2v) is 5.61. The van der Waals surface area contributed by atoms with Crippen LogP contribution in [0.15, 0.2) is 0 Å². The van der Waals surface area contributed by atoms with Gasteiger partial charge < -0.3 is 5.11 Å². The summed E-state index contributed by atoms with van der Waals surface area (Å²) in [5, 5.41) is 19.7. The minimum atomic E-state index is -0.408. The Kier molecular flexibility index (Phi) is 3.02. The van der Waals surface area contributed by atoms with Crippen LogP contribution in [0.25, 0.3) is 0 Å². The largest absolute Gasteiger partial charge is 0.391 e. The van der Waals surface area contributed by atoms with Gasteiger partial charge in [-0.3, -0.25) is 0 Å². The molecule has 84 valence electrons. The summed E-state index contributed by atoms with van der Waals surface area (Å²) in [5.41, 5.74) is -0.408. The molecular formula is C13H21NO. The lowest BCUT2D eigenvalue weighted by Gasteiger charge is -2.31. The van der Waals surface area contributed by atoms with Crippen LogP contribution < -0.4 is 0 Å². The van der Waals surface area contributed by atoms with Gasteiger partial charge in [-0.05, 0) is 43.9 Å². The van der Waals surface area contributed by atoms with E-state index in [1.54, 1.807) is 0 Å². The summed E-state index contributed by atoms with van der Waals surface area (Å²) in [4.78, 5) is 0. The molecule has 0 aromatic carbocycles. The van der Waals surface area contributed by atoms with Gasteiger partial charge in [0.1, 0.15) is 0 Å². The molecule has 3 unspecified atom stereocenters. The summed E-state index contributed by atoms with van der Waals surface area (Å²) >= 11 is 0. The topological polar surface area (TPSA) is 44.0 Å². The molecule has 0 spiro atoms. The Balaban J connectivity index is 2.09. The van der Waals surface area contributed by atoms with Gasteiger partial charge in [0.2, 0.25) is 0 Å². The van der Waals surface area contributed by atoms with Gasteiger partial charge in [-0.15, -0.1) is 0 Å². The van der Waals surface area contributed by atoms with Crippen molar-refractivity contribution in [2.45, 2.75) is 58.0 Å². The first-order valence-corrected chi connectivity index (χ1v) is 6.27. The van der Waals surface area contributed by atoms with Gasteiger partial charge in [0.15, 0.2) is 0 Å². The third-order valence-corrected chi connectivity index (χ3v) is 4.43. The Bertz CT molecular complexity index is 264. The van der Waals surface area contributed by atoms with E-state index in [0.29, 0.717) is 11.8 Å². The summed E-state index contributed by atoms with van der Waals surface area (Å²) in [6.45, 7) is 2.19. The average Bonchev–Trinajstić information content (AvgIpc) is 2.86. The highest BCUT2D eigenvalue weighted by molar-refractivity contribution is 5.09. The van der Waals surface area contributed by atoms with E-state index in [-0.39, 0.29) is 6.10 Å². The summed E-state index contributed by atoms with van der Waals surface area (Å²) in [5.74, 6) is 1.01. The van der Waals surface area contributed by atoms with Crippen LogP contribution in [0, 0.1) is 28.6 Å². The molecule has 3 atom stereocenters. The molecule has 0 aliphatic heterocycles. The predicted octanol–water partition coefficient (Wildman–Crippen LogP) is 2.87. The fourth-order valence-electron chi connectivity index (χ4n) is 3.49. The van der Waals surface area contributed by atoms with E-state index in [0.717, 1.165) is 32.1 Å². The molecule has 2 saturated carbocycles. The molecule has 15 heavy (non-hydrogen) atoms. The van der Waals surface area contributed by atoms with Gasteiger partial charge in [-0.25, -0.2) is 0 Å². The van der Waals surface area contributed by atoms with Crippen molar-refractivity contribution < 1.29 is 5.11 Å². The van der Waals surface area contributed by atoms with Crippen molar-refractivity contribution in [2.24, 2.45) is 17.3 Å². The Labute approximate surface area is 92.3 Å². The molecule has 0 amide bonds. The second-order valence-electron chi connectivity index (χ2n) is 5.61. The van der Waals surface area contributed by atoms with Gasteiger partial charge >= 0.3 is 0 Å². The fraction of sp³-hybridized carbons (Fsp3) is 0.923. The normalized spacial score (nSPS) is 39.1. The zero-order valence-corrected chi connectivity index (χ0v) is 9.58. The number of rotatable bonds is 2. The fourth-order valence-corrected chi connectivity index (χ4v) is 3.49. The number of nitriles is 1. The van der Waals surface area contributed by atoms with Crippen LogP contribution in [0.5, 0.6) is 0 Å². The van der Waals surface area contributed by atoms with Crippen LogP contribution in [0.1, 0.15) is 51.9 Å². The van der Waals surface area contributed by atoms with Crippen molar-refractivity contribution in [1.29, 1.82) is 5.26 Å². The predicted molar refractivity (Wildman–Crippen MR) is 59.0 cm³/mol. The maximum absolute atomic E-state index is 10.4. The number of aliphatic hydroxyl groups excluding tert-OH is 1. The average molecular weight is 207 g/mol. The van der Waals surface area contributed by atoms with E-state index < -0.39 is 5.41 Å². The zero-order chi connectivity index (χ0) is 10.9. The van der Waals surface area contributed by atoms with Gasteiger partial charge in [0, 0.05) is 0 Å². The van der Waals surface area contributed by atoms with Gasteiger partial charge in [-0.2, -0.15) is 5.26 Å². The van der Waals surface area contributed by atoms with Crippen LogP contribution in [0.3, 0.4) is 0 Å². The molecule has 2 heteroatoms. The van der Waals surface area contributed by atoms with Crippen LogP contribution in [-0.2, 0) is 0 Å². The molecule has 0 aromatic heterocycles. The highest BCUT2D eigenvalue weighted by Crippen LogP contribution is 2.48. The zero-order valence-electron chi connectivity index (χ0n) is 9.58. The SMILES string of the molecule is CC1CCC(C#N)(C(O)C2CCCC2)C1. The van der Waals surface area contributed by atoms with E-state index in [1.807, 2.05) is 0 Å². The number of hydrogen-bond acceptors (Lipinski definition) is 2. The van der Waals surface area contributed by atoms with Gasteiger partial charge in [0.25, 0.3) is 0 Å². The van der Waals surface area contributed by atoms with E-state index in [9.17, 15) is 10.4 Å². The summed E-state index contributed by atoms with van der Waals surface area (Å²) < 4.78 is 0. The maximum Gasteiger partial charge on any atom is 0.0837 e. The molecule has 2 nitrogen and oxygen atoms in total. The first-order chi connectivity index (χ1) is 7.18. The highest BCUT2D eigenvalue weighted by atomic mass is 16.3. The van der Waals surface area contributed by atoms with Crippen LogP contribution in [-0.4, -0.2) is 11.2 Å². The van der Waals surface area contributed by atoms with Gasteiger partial charge in [-0.1, -0.05) is 19.8 Å². The first-order valence-electron chi connectivity index (χ1n) is 6.27. The van der Waals surface area contributed by atoms with Crippen molar-refractivity contribution >= 4 is 0 Å². The van der Waals surface area contributed by atoms with E-state index >= 15 is 0 Å². The van der Waals surface area contributed by atoms with Crippen molar-refractivity contribution in [3.8, 4) is 6.07 Å². The lowest BCUT2D eigenvalue weighted by atomic mass is 9.75. The van der Waals surface area contributed by atoms with Gasteiger partial charge in [0.05, 0.1) is 17.6 Å². The maximum atomic E-state index is 10.4. The molecule has 2 aliphatic carbocycles.